The molecule has 0 bridgehead atoms. The molecule has 1 saturated heterocycles. The van der Waals surface area contributed by atoms with Crippen molar-refractivity contribution in [2.24, 2.45) is 5.73 Å². The van der Waals surface area contributed by atoms with Crippen molar-refractivity contribution in [3.63, 3.8) is 0 Å². The van der Waals surface area contributed by atoms with E-state index in [1.807, 2.05) is 0 Å². The zero-order chi connectivity index (χ0) is 13.1. The Morgan fingerprint density at radius 1 is 1.56 bits per heavy atom. The number of carbonyl (C=O) groups excluding carboxylic acids is 1. The summed E-state index contributed by atoms with van der Waals surface area (Å²) in [6.45, 7) is 0. The number of amides is 1. The fourth-order valence-corrected chi connectivity index (χ4v) is 3.12. The van der Waals surface area contributed by atoms with Crippen LogP contribution in [0.3, 0.4) is 0 Å². The molecular weight excluding hydrogens is 271 g/mol. The molecular formula is C12H13FN2OS2. The Bertz CT molecular complexity index is 487. The number of carbonyl (C=O) groups is 1. The molecule has 0 aliphatic carbocycles. The molecule has 1 heterocycles. The highest BCUT2D eigenvalue weighted by Crippen LogP contribution is 2.27. The Balaban J connectivity index is 2.11. The SMILES string of the molecule is NC(=S)c1cc(NC(=O)C2CCCS2)ccc1F. The first-order valence-corrected chi connectivity index (χ1v) is 7.05. The van der Waals surface area contributed by atoms with Crippen LogP contribution >= 0.6 is 24.0 Å². The van der Waals surface area contributed by atoms with Crippen molar-refractivity contribution in [3.05, 3.63) is 29.6 Å². The number of thiocarbonyl (C=S) groups is 1. The van der Waals surface area contributed by atoms with Crippen LogP contribution in [0.5, 0.6) is 0 Å². The number of rotatable bonds is 3. The van der Waals surface area contributed by atoms with Crippen molar-refractivity contribution in [2.45, 2.75) is 18.1 Å². The summed E-state index contributed by atoms with van der Waals surface area (Å²) < 4.78 is 13.4. The van der Waals surface area contributed by atoms with E-state index < -0.39 is 5.82 Å². The average molecular weight is 284 g/mol. The molecule has 1 aliphatic rings. The van der Waals surface area contributed by atoms with Gasteiger partial charge in [0.15, 0.2) is 0 Å². The van der Waals surface area contributed by atoms with Crippen molar-refractivity contribution in [1.29, 1.82) is 0 Å². The van der Waals surface area contributed by atoms with Gasteiger partial charge in [0.1, 0.15) is 10.8 Å². The zero-order valence-corrected chi connectivity index (χ0v) is 11.2. The summed E-state index contributed by atoms with van der Waals surface area (Å²) in [5, 5.41) is 2.75. The molecule has 1 aromatic carbocycles. The van der Waals surface area contributed by atoms with Crippen LogP contribution < -0.4 is 11.1 Å². The predicted octanol–water partition coefficient (Wildman–Crippen LogP) is 2.29. The first kappa shape index (κ1) is 13.3. The van der Waals surface area contributed by atoms with Crippen LogP contribution in [0, 0.1) is 5.82 Å². The van der Waals surface area contributed by atoms with Gasteiger partial charge in [-0.3, -0.25) is 4.79 Å². The second-order valence-electron chi connectivity index (χ2n) is 4.05. The van der Waals surface area contributed by atoms with Crippen LogP contribution in [-0.2, 0) is 4.79 Å². The molecule has 1 amide bonds. The number of hydrogen-bond acceptors (Lipinski definition) is 3. The van der Waals surface area contributed by atoms with Gasteiger partial charge in [0.25, 0.3) is 0 Å². The summed E-state index contributed by atoms with van der Waals surface area (Å²) in [5.74, 6) is 0.494. The molecule has 3 N–H and O–H groups in total. The minimum atomic E-state index is -0.476. The van der Waals surface area contributed by atoms with Crippen LogP contribution in [0.2, 0.25) is 0 Å². The Labute approximate surface area is 114 Å². The van der Waals surface area contributed by atoms with Crippen molar-refractivity contribution < 1.29 is 9.18 Å². The largest absolute Gasteiger partial charge is 0.389 e. The summed E-state index contributed by atoms with van der Waals surface area (Å²) in [5.41, 5.74) is 6.09. The summed E-state index contributed by atoms with van der Waals surface area (Å²) >= 11 is 6.40. The zero-order valence-electron chi connectivity index (χ0n) is 9.61. The standard InChI is InChI=1S/C12H13FN2OS2/c13-9-4-3-7(6-8(9)11(14)17)15-12(16)10-2-1-5-18-10/h3-4,6,10H,1-2,5H2,(H2,14,17)(H,15,16). The normalized spacial score (nSPS) is 18.6. The highest BCUT2D eigenvalue weighted by atomic mass is 32.2. The van der Waals surface area contributed by atoms with E-state index in [1.165, 1.54) is 18.2 Å². The first-order valence-electron chi connectivity index (χ1n) is 5.60. The number of nitrogens with two attached hydrogens (primary N) is 1. The molecule has 0 spiro atoms. The minimum absolute atomic E-state index is 0.0108. The minimum Gasteiger partial charge on any atom is -0.389 e. The molecule has 0 radical (unpaired) electrons. The van der Waals surface area contributed by atoms with Crippen LogP contribution in [0.1, 0.15) is 18.4 Å². The van der Waals surface area contributed by atoms with E-state index in [4.69, 9.17) is 18.0 Å². The van der Waals surface area contributed by atoms with Gasteiger partial charge in [-0.1, -0.05) is 12.2 Å². The van der Waals surface area contributed by atoms with E-state index in [9.17, 15) is 9.18 Å². The first-order chi connectivity index (χ1) is 8.58. The molecule has 96 valence electrons. The third-order valence-electron chi connectivity index (χ3n) is 2.72. The Kier molecular flexibility index (Phi) is 4.19. The molecule has 6 heteroatoms. The Morgan fingerprint density at radius 2 is 2.33 bits per heavy atom. The summed E-state index contributed by atoms with van der Waals surface area (Å²) in [4.78, 5) is 11.9. The molecule has 1 fully saturated rings. The van der Waals surface area contributed by atoms with E-state index in [0.717, 1.165) is 18.6 Å². The Morgan fingerprint density at radius 3 is 2.94 bits per heavy atom. The third-order valence-corrected chi connectivity index (χ3v) is 4.32. The second-order valence-corrected chi connectivity index (χ2v) is 5.80. The van der Waals surface area contributed by atoms with Crippen molar-refractivity contribution in [1.82, 2.24) is 0 Å². The lowest BCUT2D eigenvalue weighted by molar-refractivity contribution is -0.115. The lowest BCUT2D eigenvalue weighted by Gasteiger charge is -2.11. The highest BCUT2D eigenvalue weighted by molar-refractivity contribution is 8.00. The fourth-order valence-electron chi connectivity index (χ4n) is 1.80. The van der Waals surface area contributed by atoms with Crippen molar-refractivity contribution in [2.75, 3.05) is 11.1 Å². The number of anilines is 1. The lowest BCUT2D eigenvalue weighted by atomic mass is 10.1. The maximum Gasteiger partial charge on any atom is 0.237 e. The quantitative estimate of drug-likeness (QED) is 0.836. The average Bonchev–Trinajstić information content (AvgIpc) is 2.85. The van der Waals surface area contributed by atoms with Crippen molar-refractivity contribution >= 4 is 40.6 Å². The Hall–Kier alpha value is -1.14. The van der Waals surface area contributed by atoms with E-state index in [1.54, 1.807) is 11.8 Å². The third kappa shape index (κ3) is 3.00. The molecule has 18 heavy (non-hydrogen) atoms. The van der Waals surface area contributed by atoms with Crippen LogP contribution in [0.4, 0.5) is 10.1 Å². The molecule has 0 aromatic heterocycles. The maximum absolute atomic E-state index is 13.4. The fraction of sp³-hybridized carbons (Fsp3) is 0.333. The van der Waals surface area contributed by atoms with Gasteiger partial charge in [0.05, 0.1) is 5.25 Å². The van der Waals surface area contributed by atoms with Gasteiger partial charge in [-0.05, 0) is 36.8 Å². The molecule has 3 nitrogen and oxygen atoms in total. The maximum atomic E-state index is 13.4. The van der Waals surface area contributed by atoms with Crippen molar-refractivity contribution in [3.8, 4) is 0 Å². The van der Waals surface area contributed by atoms with Crippen LogP contribution in [0.25, 0.3) is 0 Å². The predicted molar refractivity (Wildman–Crippen MR) is 76.4 cm³/mol. The molecule has 1 aliphatic heterocycles. The number of benzene rings is 1. The number of nitrogens with one attached hydrogen (secondary N) is 1. The van der Waals surface area contributed by atoms with E-state index in [2.05, 4.69) is 5.32 Å². The van der Waals surface area contributed by atoms with Gasteiger partial charge in [-0.25, -0.2) is 4.39 Å². The smallest absolute Gasteiger partial charge is 0.237 e. The topological polar surface area (TPSA) is 55.1 Å². The molecule has 0 saturated carbocycles. The molecule has 1 atom stereocenters. The number of hydrogen-bond donors (Lipinski definition) is 2. The second kappa shape index (κ2) is 5.67. The van der Waals surface area contributed by atoms with Gasteiger partial charge >= 0.3 is 0 Å². The number of halogens is 1. The van der Waals surface area contributed by atoms with E-state index in [0.29, 0.717) is 5.69 Å². The van der Waals surface area contributed by atoms with Crippen LogP contribution in [-0.4, -0.2) is 21.9 Å². The van der Waals surface area contributed by atoms with Gasteiger partial charge in [-0.2, -0.15) is 0 Å². The van der Waals surface area contributed by atoms with Gasteiger partial charge in [0, 0.05) is 11.3 Å². The number of thioether (sulfide) groups is 1. The lowest BCUT2D eigenvalue weighted by Crippen LogP contribution is -2.23. The van der Waals surface area contributed by atoms with Crippen LogP contribution in [0.15, 0.2) is 18.2 Å². The van der Waals surface area contributed by atoms with E-state index >= 15 is 0 Å². The monoisotopic (exact) mass is 284 g/mol. The van der Waals surface area contributed by atoms with Gasteiger partial charge < -0.3 is 11.1 Å². The van der Waals surface area contributed by atoms with E-state index in [-0.39, 0.29) is 21.7 Å². The van der Waals surface area contributed by atoms with Gasteiger partial charge in [-0.15, -0.1) is 11.8 Å². The molecule has 1 aromatic rings. The molecule has 1 unspecified atom stereocenters. The van der Waals surface area contributed by atoms with Gasteiger partial charge in [0.2, 0.25) is 5.91 Å². The molecule has 2 rings (SSSR count). The summed E-state index contributed by atoms with van der Waals surface area (Å²) in [6.07, 6.45) is 1.95. The summed E-state index contributed by atoms with van der Waals surface area (Å²) in [6, 6.07) is 4.23. The highest BCUT2D eigenvalue weighted by Gasteiger charge is 2.23. The summed E-state index contributed by atoms with van der Waals surface area (Å²) in [7, 11) is 0.